The Kier molecular flexibility index (Phi) is 4.00. The highest BCUT2D eigenvalue weighted by molar-refractivity contribution is 6.01. The van der Waals surface area contributed by atoms with E-state index < -0.39 is 6.03 Å². The van der Waals surface area contributed by atoms with Crippen molar-refractivity contribution in [3.63, 3.8) is 0 Å². The molecule has 2 rings (SSSR count). The number of H-pyrrole nitrogens is 1. The second kappa shape index (κ2) is 5.70. The van der Waals surface area contributed by atoms with Gasteiger partial charge in [0.15, 0.2) is 0 Å². The molecule has 1 aliphatic carbocycles. The Hall–Kier alpha value is -2.09. The molecule has 6 N–H and O–H groups in total. The van der Waals surface area contributed by atoms with Crippen LogP contribution < -0.4 is 16.4 Å². The molecule has 0 aromatic carbocycles. The van der Waals surface area contributed by atoms with Crippen LogP contribution in [0.2, 0.25) is 0 Å². The quantitative estimate of drug-likeness (QED) is 0.524. The maximum Gasteiger partial charge on any atom is 0.316 e. The number of anilines is 1. The Balaban J connectivity index is 1.96. The van der Waals surface area contributed by atoms with Crippen molar-refractivity contribution < 1.29 is 14.7 Å². The van der Waals surface area contributed by atoms with Crippen LogP contribution in [0.5, 0.6) is 0 Å². The lowest BCUT2D eigenvalue weighted by Gasteiger charge is -2.26. The van der Waals surface area contributed by atoms with Crippen LogP contribution in [0.1, 0.15) is 36.2 Å². The molecule has 1 heterocycles. The number of hydrogen-bond acceptors (Lipinski definition) is 4. The third kappa shape index (κ3) is 3.44. The van der Waals surface area contributed by atoms with Gasteiger partial charge in [-0.05, 0) is 25.7 Å². The van der Waals surface area contributed by atoms with Gasteiger partial charge in [-0.25, -0.2) is 4.79 Å². The zero-order chi connectivity index (χ0) is 13.8. The number of aliphatic hydroxyl groups is 1. The van der Waals surface area contributed by atoms with Crippen molar-refractivity contribution in [3.8, 4) is 0 Å². The van der Waals surface area contributed by atoms with E-state index >= 15 is 0 Å². The van der Waals surface area contributed by atoms with E-state index in [9.17, 15) is 14.7 Å². The van der Waals surface area contributed by atoms with Gasteiger partial charge in [-0.2, -0.15) is 5.10 Å². The highest BCUT2D eigenvalue weighted by Crippen LogP contribution is 2.19. The molecule has 0 radical (unpaired) electrons. The number of aromatic amines is 1. The first-order chi connectivity index (χ1) is 9.06. The molecular formula is C11H17N5O3. The van der Waals surface area contributed by atoms with E-state index in [1.54, 1.807) is 0 Å². The predicted octanol–water partition coefficient (Wildman–Crippen LogP) is -0.0664. The number of carbonyl (C=O) groups excluding carboxylic acids is 2. The van der Waals surface area contributed by atoms with Crippen molar-refractivity contribution in [2.75, 3.05) is 5.32 Å². The van der Waals surface area contributed by atoms with Gasteiger partial charge in [0.1, 0.15) is 5.69 Å². The molecule has 0 atom stereocenters. The molecule has 0 spiro atoms. The van der Waals surface area contributed by atoms with Gasteiger partial charge in [0.2, 0.25) is 0 Å². The molecule has 1 fully saturated rings. The summed E-state index contributed by atoms with van der Waals surface area (Å²) in [7, 11) is 0. The lowest BCUT2D eigenvalue weighted by atomic mass is 9.93. The van der Waals surface area contributed by atoms with Crippen LogP contribution in [0, 0.1) is 0 Å². The second-order valence-corrected chi connectivity index (χ2v) is 4.63. The van der Waals surface area contributed by atoms with E-state index in [4.69, 9.17) is 5.73 Å². The van der Waals surface area contributed by atoms with Crippen LogP contribution >= 0.6 is 0 Å². The van der Waals surface area contributed by atoms with E-state index in [-0.39, 0.29) is 29.4 Å². The minimum Gasteiger partial charge on any atom is -0.393 e. The zero-order valence-corrected chi connectivity index (χ0v) is 10.3. The van der Waals surface area contributed by atoms with Gasteiger partial charge in [-0.3, -0.25) is 9.89 Å². The maximum atomic E-state index is 12.0. The van der Waals surface area contributed by atoms with Crippen LogP contribution in [0.4, 0.5) is 10.5 Å². The Morgan fingerprint density at radius 1 is 1.37 bits per heavy atom. The number of aliphatic hydroxyl groups excluding tert-OH is 1. The molecule has 104 valence electrons. The van der Waals surface area contributed by atoms with Crippen molar-refractivity contribution in [2.24, 2.45) is 5.73 Å². The number of hydrogen-bond donors (Lipinski definition) is 5. The second-order valence-electron chi connectivity index (χ2n) is 4.63. The normalized spacial score (nSPS) is 22.8. The number of aromatic nitrogens is 2. The first kappa shape index (κ1) is 13.3. The lowest BCUT2D eigenvalue weighted by Crippen LogP contribution is -2.39. The fraction of sp³-hybridized carbons (Fsp3) is 0.545. The third-order valence-electron chi connectivity index (χ3n) is 3.16. The predicted molar refractivity (Wildman–Crippen MR) is 67.5 cm³/mol. The minimum absolute atomic E-state index is 0.0284. The van der Waals surface area contributed by atoms with Crippen molar-refractivity contribution in [3.05, 3.63) is 11.9 Å². The van der Waals surface area contributed by atoms with Crippen molar-refractivity contribution in [1.29, 1.82) is 0 Å². The minimum atomic E-state index is -0.753. The molecule has 0 unspecified atom stereocenters. The fourth-order valence-corrected chi connectivity index (χ4v) is 2.16. The van der Waals surface area contributed by atoms with Gasteiger partial charge in [-0.1, -0.05) is 0 Å². The Bertz CT molecular complexity index is 465. The summed E-state index contributed by atoms with van der Waals surface area (Å²) < 4.78 is 0. The van der Waals surface area contributed by atoms with Gasteiger partial charge in [0.05, 0.1) is 18.0 Å². The number of amides is 3. The van der Waals surface area contributed by atoms with Crippen molar-refractivity contribution >= 4 is 17.6 Å². The number of nitrogens with one attached hydrogen (secondary N) is 3. The average molecular weight is 267 g/mol. The van der Waals surface area contributed by atoms with E-state index in [0.717, 1.165) is 12.8 Å². The highest BCUT2D eigenvalue weighted by atomic mass is 16.3. The summed E-state index contributed by atoms with van der Waals surface area (Å²) in [5.41, 5.74) is 5.42. The number of urea groups is 1. The van der Waals surface area contributed by atoms with Crippen molar-refractivity contribution in [2.45, 2.75) is 37.8 Å². The fourth-order valence-electron chi connectivity index (χ4n) is 2.16. The monoisotopic (exact) mass is 267 g/mol. The highest BCUT2D eigenvalue weighted by Gasteiger charge is 2.23. The lowest BCUT2D eigenvalue weighted by molar-refractivity contribution is 0.0864. The molecule has 8 heteroatoms. The van der Waals surface area contributed by atoms with Crippen LogP contribution in [0.15, 0.2) is 6.20 Å². The molecule has 1 saturated carbocycles. The van der Waals surface area contributed by atoms with Gasteiger partial charge < -0.3 is 21.5 Å². The summed E-state index contributed by atoms with van der Waals surface area (Å²) >= 11 is 0. The van der Waals surface area contributed by atoms with Gasteiger partial charge in [0, 0.05) is 6.04 Å². The standard InChI is InChI=1S/C11H17N5O3/c12-11(19)15-8-5-13-16-9(8)10(18)14-6-1-3-7(17)4-2-6/h5-7,17H,1-4H2,(H,13,16)(H,14,18)(H3,12,15,19). The molecule has 0 aliphatic heterocycles. The van der Waals surface area contributed by atoms with E-state index in [0.29, 0.717) is 12.8 Å². The van der Waals surface area contributed by atoms with Crippen LogP contribution in [0.3, 0.4) is 0 Å². The van der Waals surface area contributed by atoms with Crippen LogP contribution in [-0.2, 0) is 0 Å². The number of rotatable bonds is 3. The zero-order valence-electron chi connectivity index (χ0n) is 10.3. The van der Waals surface area contributed by atoms with E-state index in [2.05, 4.69) is 20.8 Å². The molecule has 1 aromatic rings. The van der Waals surface area contributed by atoms with Crippen molar-refractivity contribution in [1.82, 2.24) is 15.5 Å². The Labute approximate surface area is 109 Å². The summed E-state index contributed by atoms with van der Waals surface area (Å²) in [6.45, 7) is 0. The molecule has 1 aromatic heterocycles. The average Bonchev–Trinajstić information content (AvgIpc) is 2.79. The third-order valence-corrected chi connectivity index (χ3v) is 3.16. The number of primary amides is 1. The van der Waals surface area contributed by atoms with Crippen LogP contribution in [0.25, 0.3) is 0 Å². The first-order valence-corrected chi connectivity index (χ1v) is 6.15. The van der Waals surface area contributed by atoms with Gasteiger partial charge >= 0.3 is 6.03 Å². The molecule has 1 aliphatic rings. The molecule has 19 heavy (non-hydrogen) atoms. The van der Waals surface area contributed by atoms with Crippen LogP contribution in [-0.4, -0.2) is 39.4 Å². The first-order valence-electron chi connectivity index (χ1n) is 6.15. The smallest absolute Gasteiger partial charge is 0.316 e. The molecule has 0 bridgehead atoms. The summed E-state index contributed by atoms with van der Waals surface area (Å²) in [4.78, 5) is 22.8. The molecule has 3 amide bonds. The topological polar surface area (TPSA) is 133 Å². The SMILES string of the molecule is NC(=O)Nc1cn[nH]c1C(=O)NC1CCC(O)CC1. The summed E-state index contributed by atoms with van der Waals surface area (Å²) in [6.07, 6.45) is 3.89. The van der Waals surface area contributed by atoms with E-state index in [1.807, 2.05) is 0 Å². The number of nitrogens with zero attached hydrogens (tertiary/aromatic N) is 1. The number of carbonyl (C=O) groups is 2. The number of nitrogens with two attached hydrogens (primary N) is 1. The largest absolute Gasteiger partial charge is 0.393 e. The molecule has 8 nitrogen and oxygen atoms in total. The van der Waals surface area contributed by atoms with Gasteiger partial charge in [-0.15, -0.1) is 0 Å². The Morgan fingerprint density at radius 3 is 2.68 bits per heavy atom. The van der Waals surface area contributed by atoms with Gasteiger partial charge in [0.25, 0.3) is 5.91 Å². The molecule has 0 saturated heterocycles. The Morgan fingerprint density at radius 2 is 2.05 bits per heavy atom. The molecular weight excluding hydrogens is 250 g/mol. The maximum absolute atomic E-state index is 12.0. The van der Waals surface area contributed by atoms with E-state index in [1.165, 1.54) is 6.20 Å². The summed E-state index contributed by atoms with van der Waals surface area (Å²) in [5.74, 6) is -0.345. The summed E-state index contributed by atoms with van der Waals surface area (Å²) in [5, 5.41) is 20.8. The summed E-state index contributed by atoms with van der Waals surface area (Å²) in [6, 6.07) is -0.725.